The van der Waals surface area contributed by atoms with Crippen molar-refractivity contribution in [2.24, 2.45) is 5.10 Å². The number of hydrogen-bond acceptors (Lipinski definition) is 4. The second-order valence-electron chi connectivity index (χ2n) is 5.76. The number of aromatic amines is 1. The zero-order valence-corrected chi connectivity index (χ0v) is 14.6. The number of hydrazone groups is 1. The van der Waals surface area contributed by atoms with E-state index in [2.05, 4.69) is 14.9 Å². The normalized spacial score (nSPS) is 11.9. The van der Waals surface area contributed by atoms with Crippen LogP contribution in [-0.4, -0.2) is 19.6 Å². The van der Waals surface area contributed by atoms with Crippen LogP contribution in [0.1, 0.15) is 16.7 Å². The number of sulfonamides is 1. The van der Waals surface area contributed by atoms with Crippen LogP contribution < -0.4 is 10.4 Å². The molecular formula is C18H17N3O3S. The number of pyridine rings is 1. The number of nitrogens with one attached hydrogen (secondary N) is 2. The molecule has 0 bridgehead atoms. The molecule has 0 radical (unpaired) electrons. The van der Waals surface area contributed by atoms with E-state index < -0.39 is 10.0 Å². The molecule has 0 aliphatic carbocycles. The van der Waals surface area contributed by atoms with Gasteiger partial charge in [-0.25, -0.2) is 4.83 Å². The van der Waals surface area contributed by atoms with Gasteiger partial charge in [-0.3, -0.25) is 4.79 Å². The number of para-hydroxylation sites is 1. The van der Waals surface area contributed by atoms with Gasteiger partial charge in [-0.05, 0) is 43.0 Å². The van der Waals surface area contributed by atoms with Gasteiger partial charge in [-0.2, -0.15) is 13.5 Å². The van der Waals surface area contributed by atoms with Crippen molar-refractivity contribution in [1.82, 2.24) is 9.82 Å². The Kier molecular flexibility index (Phi) is 4.41. The lowest BCUT2D eigenvalue weighted by molar-refractivity contribution is 0.584. The summed E-state index contributed by atoms with van der Waals surface area (Å²) in [6.07, 6.45) is 1.20. The fourth-order valence-electron chi connectivity index (χ4n) is 2.43. The minimum atomic E-state index is -3.77. The molecule has 25 heavy (non-hydrogen) atoms. The first kappa shape index (κ1) is 16.9. The third kappa shape index (κ3) is 3.61. The first-order valence-electron chi connectivity index (χ1n) is 7.61. The predicted octanol–water partition coefficient (Wildman–Crippen LogP) is 2.46. The predicted molar refractivity (Wildman–Crippen MR) is 98.4 cm³/mol. The first-order chi connectivity index (χ1) is 11.9. The Morgan fingerprint density at radius 3 is 2.52 bits per heavy atom. The Morgan fingerprint density at radius 1 is 1.08 bits per heavy atom. The van der Waals surface area contributed by atoms with E-state index in [4.69, 9.17) is 0 Å². The van der Waals surface area contributed by atoms with E-state index in [1.54, 1.807) is 18.2 Å². The number of H-pyrrole nitrogens is 1. The van der Waals surface area contributed by atoms with Gasteiger partial charge in [0.1, 0.15) is 0 Å². The van der Waals surface area contributed by atoms with E-state index >= 15 is 0 Å². The fourth-order valence-corrected chi connectivity index (χ4v) is 3.22. The van der Waals surface area contributed by atoms with Crippen molar-refractivity contribution in [3.63, 3.8) is 0 Å². The summed E-state index contributed by atoms with van der Waals surface area (Å²) < 4.78 is 24.3. The molecule has 128 valence electrons. The molecular weight excluding hydrogens is 338 g/mol. The molecule has 0 aliphatic heterocycles. The average Bonchev–Trinajstić information content (AvgIpc) is 2.56. The van der Waals surface area contributed by atoms with E-state index in [9.17, 15) is 13.2 Å². The Bertz CT molecular complexity index is 1110. The van der Waals surface area contributed by atoms with Crippen LogP contribution in [0.2, 0.25) is 0 Å². The average molecular weight is 355 g/mol. The van der Waals surface area contributed by atoms with Gasteiger partial charge in [0, 0.05) is 0 Å². The Labute approximate surface area is 145 Å². The Morgan fingerprint density at radius 2 is 1.80 bits per heavy atom. The van der Waals surface area contributed by atoms with E-state index in [1.807, 2.05) is 32.0 Å². The van der Waals surface area contributed by atoms with Crippen LogP contribution in [0, 0.1) is 13.8 Å². The number of aromatic nitrogens is 1. The summed E-state index contributed by atoms with van der Waals surface area (Å²) in [4.78, 5) is 17.1. The van der Waals surface area contributed by atoms with Gasteiger partial charge in [-0.1, -0.05) is 35.9 Å². The smallest absolute Gasteiger partial charge is 0.276 e. The molecule has 2 N–H and O–H groups in total. The van der Waals surface area contributed by atoms with Gasteiger partial charge < -0.3 is 4.98 Å². The van der Waals surface area contributed by atoms with Gasteiger partial charge in [0.25, 0.3) is 15.6 Å². The van der Waals surface area contributed by atoms with Crippen molar-refractivity contribution < 1.29 is 8.42 Å². The first-order valence-corrected chi connectivity index (χ1v) is 9.09. The second kappa shape index (κ2) is 6.52. The van der Waals surface area contributed by atoms with Crippen LogP contribution >= 0.6 is 0 Å². The largest absolute Gasteiger partial charge is 0.321 e. The Hall–Kier alpha value is -2.93. The molecule has 7 heteroatoms. The third-order valence-electron chi connectivity index (χ3n) is 3.82. The lowest BCUT2D eigenvalue weighted by Gasteiger charge is -2.04. The van der Waals surface area contributed by atoms with Crippen molar-refractivity contribution in [2.45, 2.75) is 18.7 Å². The lowest BCUT2D eigenvalue weighted by Crippen LogP contribution is -2.19. The molecule has 0 saturated heterocycles. The molecule has 6 nitrogen and oxygen atoms in total. The number of benzene rings is 2. The molecule has 2 aromatic carbocycles. The summed E-state index contributed by atoms with van der Waals surface area (Å²) in [5.41, 5.74) is 2.60. The number of fused-ring (bicyclic) bond motifs is 1. The van der Waals surface area contributed by atoms with Gasteiger partial charge in [0.05, 0.1) is 22.2 Å². The summed E-state index contributed by atoms with van der Waals surface area (Å²) in [6.45, 7) is 3.78. The van der Waals surface area contributed by atoms with Crippen LogP contribution in [-0.2, 0) is 10.0 Å². The lowest BCUT2D eigenvalue weighted by atomic mass is 10.1. The van der Waals surface area contributed by atoms with Crippen LogP contribution in [0.3, 0.4) is 0 Å². The van der Waals surface area contributed by atoms with E-state index in [1.165, 1.54) is 18.3 Å². The number of hydrogen-bond donors (Lipinski definition) is 2. The molecule has 0 saturated carbocycles. The van der Waals surface area contributed by atoms with Crippen LogP contribution in [0.5, 0.6) is 0 Å². The maximum atomic E-state index is 12.2. The summed E-state index contributed by atoms with van der Waals surface area (Å²) >= 11 is 0. The Balaban J connectivity index is 1.87. The molecule has 0 aliphatic rings. The molecule has 3 aromatic rings. The van der Waals surface area contributed by atoms with E-state index in [0.29, 0.717) is 0 Å². The maximum absolute atomic E-state index is 12.2. The third-order valence-corrected chi connectivity index (χ3v) is 5.06. The summed E-state index contributed by atoms with van der Waals surface area (Å²) in [6, 6.07) is 13.7. The summed E-state index contributed by atoms with van der Waals surface area (Å²) in [7, 11) is -3.77. The molecule has 3 rings (SSSR count). The van der Waals surface area contributed by atoms with Gasteiger partial charge >= 0.3 is 0 Å². The minimum Gasteiger partial charge on any atom is -0.321 e. The van der Waals surface area contributed by atoms with Crippen LogP contribution in [0.15, 0.2) is 63.3 Å². The van der Waals surface area contributed by atoms with Gasteiger partial charge in [0.15, 0.2) is 0 Å². The monoisotopic (exact) mass is 355 g/mol. The van der Waals surface area contributed by atoms with Crippen molar-refractivity contribution in [2.75, 3.05) is 0 Å². The zero-order chi connectivity index (χ0) is 18.0. The fraction of sp³-hybridized carbons (Fsp3) is 0.111. The molecule has 1 heterocycles. The van der Waals surface area contributed by atoms with Gasteiger partial charge in [0.2, 0.25) is 0 Å². The SMILES string of the molecule is Cc1ccc(S(=O)(=O)N/N=C/c2cc3cccc(C)c3[nH]c2=O)cc1. The molecule has 0 fully saturated rings. The minimum absolute atomic E-state index is 0.110. The van der Waals surface area contributed by atoms with Crippen LogP contribution in [0.4, 0.5) is 0 Å². The molecule has 0 unspecified atom stereocenters. The number of aryl methyl sites for hydroxylation is 2. The standard InChI is InChI=1S/C18H17N3O3S/c1-12-6-8-16(9-7-12)25(23,24)21-19-11-15-10-14-5-3-4-13(2)17(14)20-18(15)22/h3-11,21H,1-2H3,(H,20,22)/b19-11+. The molecule has 0 amide bonds. The molecule has 1 aromatic heterocycles. The highest BCUT2D eigenvalue weighted by Crippen LogP contribution is 2.14. The quantitative estimate of drug-likeness (QED) is 0.556. The number of nitrogens with zero attached hydrogens (tertiary/aromatic N) is 1. The molecule has 0 spiro atoms. The van der Waals surface area contributed by atoms with Crippen LogP contribution in [0.25, 0.3) is 10.9 Å². The van der Waals surface area contributed by atoms with E-state index in [0.717, 1.165) is 22.0 Å². The zero-order valence-electron chi connectivity index (χ0n) is 13.8. The van der Waals surface area contributed by atoms with Crippen molar-refractivity contribution in [3.05, 3.63) is 75.6 Å². The summed E-state index contributed by atoms with van der Waals surface area (Å²) in [5.74, 6) is 0. The summed E-state index contributed by atoms with van der Waals surface area (Å²) in [5, 5.41) is 4.57. The topological polar surface area (TPSA) is 91.4 Å². The molecule has 0 atom stereocenters. The highest BCUT2D eigenvalue weighted by molar-refractivity contribution is 7.89. The van der Waals surface area contributed by atoms with E-state index in [-0.39, 0.29) is 16.0 Å². The van der Waals surface area contributed by atoms with Crippen molar-refractivity contribution in [1.29, 1.82) is 0 Å². The highest BCUT2D eigenvalue weighted by Gasteiger charge is 2.12. The maximum Gasteiger partial charge on any atom is 0.276 e. The second-order valence-corrected chi connectivity index (χ2v) is 7.42. The van der Waals surface area contributed by atoms with Crippen molar-refractivity contribution >= 4 is 27.1 Å². The van der Waals surface area contributed by atoms with Crippen molar-refractivity contribution in [3.8, 4) is 0 Å². The van der Waals surface area contributed by atoms with Gasteiger partial charge in [-0.15, -0.1) is 0 Å². The number of rotatable bonds is 4. The highest BCUT2D eigenvalue weighted by atomic mass is 32.2.